The van der Waals surface area contributed by atoms with Crippen molar-refractivity contribution < 1.29 is 18.7 Å². The van der Waals surface area contributed by atoms with Crippen LogP contribution in [0.3, 0.4) is 0 Å². The zero-order valence-electron chi connectivity index (χ0n) is 7.88. The molecule has 6 nitrogen and oxygen atoms in total. The van der Waals surface area contributed by atoms with Gasteiger partial charge in [0.1, 0.15) is 0 Å². The Morgan fingerprint density at radius 3 is 2.43 bits per heavy atom. The minimum absolute atomic E-state index is 0.0658. The first-order chi connectivity index (χ1) is 6.52. The number of hydrogen-bond acceptors (Lipinski definition) is 3. The van der Waals surface area contributed by atoms with Gasteiger partial charge in [-0.15, -0.1) is 0 Å². The second kappa shape index (κ2) is 4.72. The molecular formula is C7H13N2O4S-. The van der Waals surface area contributed by atoms with Crippen molar-refractivity contribution in [3.05, 3.63) is 0 Å². The van der Waals surface area contributed by atoms with E-state index in [9.17, 15) is 13.6 Å². The first-order valence-corrected chi connectivity index (χ1v) is 5.35. The smallest absolute Gasteiger partial charge is 0.407 e. The largest absolute Gasteiger partial charge is 0.760 e. The Hall–Kier alpha value is -0.660. The first-order valence-electron chi connectivity index (χ1n) is 4.32. The molecule has 1 N–H and O–H groups in total. The van der Waals surface area contributed by atoms with Crippen LogP contribution in [-0.4, -0.2) is 55.3 Å². The van der Waals surface area contributed by atoms with Gasteiger partial charge in [-0.05, 0) is 19.9 Å². The van der Waals surface area contributed by atoms with Gasteiger partial charge in [0, 0.05) is 30.4 Å². The van der Waals surface area contributed by atoms with Gasteiger partial charge in [-0.25, -0.2) is 9.10 Å². The van der Waals surface area contributed by atoms with Gasteiger partial charge in [0.25, 0.3) is 0 Å². The molecule has 1 rings (SSSR count). The SMILES string of the molecule is CN(C1CCN(C(=O)O)CC1)S(=O)[O-]. The average Bonchev–Trinajstić information content (AvgIpc) is 2.16. The summed E-state index contributed by atoms with van der Waals surface area (Å²) in [4.78, 5) is 11.9. The van der Waals surface area contributed by atoms with E-state index in [1.807, 2.05) is 0 Å². The van der Waals surface area contributed by atoms with Gasteiger partial charge in [0.05, 0.1) is 0 Å². The second-order valence-electron chi connectivity index (χ2n) is 3.26. The van der Waals surface area contributed by atoms with Crippen molar-refractivity contribution in [2.75, 3.05) is 20.1 Å². The number of carboxylic acid groups (broad SMARTS) is 1. The molecule has 1 saturated heterocycles. The Morgan fingerprint density at radius 1 is 1.57 bits per heavy atom. The van der Waals surface area contributed by atoms with Crippen LogP contribution in [-0.2, 0) is 11.3 Å². The second-order valence-corrected chi connectivity index (χ2v) is 4.27. The molecule has 1 atom stereocenters. The summed E-state index contributed by atoms with van der Waals surface area (Å²) in [5, 5.41) is 8.66. The third-order valence-corrected chi connectivity index (χ3v) is 3.25. The highest BCUT2D eigenvalue weighted by molar-refractivity contribution is 7.76. The van der Waals surface area contributed by atoms with E-state index in [2.05, 4.69) is 0 Å². The van der Waals surface area contributed by atoms with E-state index in [0.29, 0.717) is 25.9 Å². The molecule has 1 aliphatic heterocycles. The Kier molecular flexibility index (Phi) is 3.85. The fraction of sp³-hybridized carbons (Fsp3) is 0.857. The molecule has 0 bridgehead atoms. The highest BCUT2D eigenvalue weighted by Crippen LogP contribution is 2.15. The van der Waals surface area contributed by atoms with Gasteiger partial charge in [-0.1, -0.05) is 0 Å². The number of rotatable bonds is 2. The van der Waals surface area contributed by atoms with E-state index in [0.717, 1.165) is 0 Å². The van der Waals surface area contributed by atoms with Crippen LogP contribution in [0.15, 0.2) is 0 Å². The lowest BCUT2D eigenvalue weighted by Crippen LogP contribution is -2.45. The van der Waals surface area contributed by atoms with Crippen LogP contribution in [0.5, 0.6) is 0 Å². The van der Waals surface area contributed by atoms with Crippen LogP contribution in [0, 0.1) is 0 Å². The molecule has 0 spiro atoms. The third kappa shape index (κ3) is 2.66. The summed E-state index contributed by atoms with van der Waals surface area (Å²) < 4.78 is 22.5. The van der Waals surface area contributed by atoms with E-state index in [-0.39, 0.29) is 6.04 Å². The zero-order chi connectivity index (χ0) is 10.7. The van der Waals surface area contributed by atoms with E-state index in [1.165, 1.54) is 16.3 Å². The van der Waals surface area contributed by atoms with Crippen molar-refractivity contribution in [2.45, 2.75) is 18.9 Å². The third-order valence-electron chi connectivity index (χ3n) is 2.48. The molecule has 1 amide bonds. The van der Waals surface area contributed by atoms with Gasteiger partial charge >= 0.3 is 6.09 Å². The summed E-state index contributed by atoms with van der Waals surface area (Å²) in [6, 6.07) is -0.0658. The summed E-state index contributed by atoms with van der Waals surface area (Å²) in [5.41, 5.74) is 0. The quantitative estimate of drug-likeness (QED) is 0.657. The number of likely N-dealkylation sites (tertiary alicyclic amines) is 1. The summed E-state index contributed by atoms with van der Waals surface area (Å²) in [7, 11) is 1.50. The Labute approximate surface area is 84.9 Å². The summed E-state index contributed by atoms with van der Waals surface area (Å²) in [6.07, 6.45) is 0.197. The summed E-state index contributed by atoms with van der Waals surface area (Å²) >= 11 is -2.21. The van der Waals surface area contributed by atoms with Gasteiger partial charge < -0.3 is 14.6 Å². The highest BCUT2D eigenvalue weighted by atomic mass is 32.2. The predicted molar refractivity (Wildman–Crippen MR) is 49.3 cm³/mol. The van der Waals surface area contributed by atoms with Crippen LogP contribution in [0.2, 0.25) is 0 Å². The Bertz CT molecular complexity index is 240. The van der Waals surface area contributed by atoms with Crippen LogP contribution in [0.1, 0.15) is 12.8 Å². The number of piperidine rings is 1. The summed E-state index contributed by atoms with van der Waals surface area (Å²) in [6.45, 7) is 0.809. The van der Waals surface area contributed by atoms with E-state index < -0.39 is 17.4 Å². The van der Waals surface area contributed by atoms with Crippen LogP contribution in [0.4, 0.5) is 4.79 Å². The lowest BCUT2D eigenvalue weighted by atomic mass is 10.1. The fourth-order valence-electron chi connectivity index (χ4n) is 1.54. The highest BCUT2D eigenvalue weighted by Gasteiger charge is 2.25. The van der Waals surface area contributed by atoms with E-state index in [4.69, 9.17) is 5.11 Å². The minimum Gasteiger partial charge on any atom is -0.760 e. The maximum atomic E-state index is 10.6. The average molecular weight is 221 g/mol. The van der Waals surface area contributed by atoms with Gasteiger partial charge in [-0.2, -0.15) is 0 Å². The van der Waals surface area contributed by atoms with Crippen LogP contribution in [0.25, 0.3) is 0 Å². The minimum atomic E-state index is -2.21. The van der Waals surface area contributed by atoms with Crippen molar-refractivity contribution in [2.24, 2.45) is 0 Å². The number of nitrogens with zero attached hydrogens (tertiary/aromatic N) is 2. The molecule has 0 aromatic carbocycles. The number of hydrogen-bond donors (Lipinski definition) is 1. The van der Waals surface area contributed by atoms with Crippen LogP contribution < -0.4 is 0 Å². The summed E-state index contributed by atoms with van der Waals surface area (Å²) in [5.74, 6) is 0. The molecule has 14 heavy (non-hydrogen) atoms. The molecule has 1 unspecified atom stereocenters. The molecule has 1 aliphatic rings. The van der Waals surface area contributed by atoms with E-state index in [1.54, 1.807) is 0 Å². The monoisotopic (exact) mass is 221 g/mol. The maximum Gasteiger partial charge on any atom is 0.407 e. The lowest BCUT2D eigenvalue weighted by molar-refractivity contribution is 0.121. The van der Waals surface area contributed by atoms with Crippen molar-refractivity contribution in [1.82, 2.24) is 9.21 Å². The normalized spacial score (nSPS) is 21.2. The van der Waals surface area contributed by atoms with E-state index >= 15 is 0 Å². The molecule has 0 aromatic heterocycles. The first kappa shape index (κ1) is 11.4. The van der Waals surface area contributed by atoms with Gasteiger partial charge in [0.15, 0.2) is 0 Å². The number of carbonyl (C=O) groups is 1. The maximum absolute atomic E-state index is 10.6. The molecule has 7 heteroatoms. The molecule has 1 fully saturated rings. The van der Waals surface area contributed by atoms with Crippen molar-refractivity contribution in [3.63, 3.8) is 0 Å². The molecular weight excluding hydrogens is 208 g/mol. The fourth-order valence-corrected chi connectivity index (χ4v) is 2.00. The zero-order valence-corrected chi connectivity index (χ0v) is 8.70. The van der Waals surface area contributed by atoms with Crippen molar-refractivity contribution in [3.8, 4) is 0 Å². The van der Waals surface area contributed by atoms with Crippen LogP contribution >= 0.6 is 0 Å². The van der Waals surface area contributed by atoms with Crippen molar-refractivity contribution in [1.29, 1.82) is 0 Å². The molecule has 82 valence electrons. The molecule has 0 saturated carbocycles. The molecule has 1 heterocycles. The lowest BCUT2D eigenvalue weighted by Gasteiger charge is -2.35. The molecule has 0 aromatic rings. The Morgan fingerprint density at radius 2 is 2.07 bits per heavy atom. The van der Waals surface area contributed by atoms with Crippen molar-refractivity contribution >= 4 is 17.4 Å². The molecule has 0 aliphatic carbocycles. The Balaban J connectivity index is 2.43. The van der Waals surface area contributed by atoms with Gasteiger partial charge in [0.2, 0.25) is 0 Å². The molecule has 0 radical (unpaired) electrons. The predicted octanol–water partition coefficient (Wildman–Crippen LogP) is -0.145. The topological polar surface area (TPSA) is 83.9 Å². The number of amides is 1. The standard InChI is InChI=1S/C7H14N2O4S/c1-8(14(12)13)6-2-4-9(5-3-6)7(10)11/h6H,2-5H2,1H3,(H,10,11)(H,12,13)/p-1. The van der Waals surface area contributed by atoms with Gasteiger partial charge in [-0.3, -0.25) is 4.21 Å².